The van der Waals surface area contributed by atoms with Crippen molar-refractivity contribution in [2.75, 3.05) is 25.0 Å². The molecule has 1 aromatic rings. The summed E-state index contributed by atoms with van der Waals surface area (Å²) in [5, 5.41) is 5.15. The number of hydrogen-bond acceptors (Lipinski definition) is 3. The zero-order valence-electron chi connectivity index (χ0n) is 9.00. The summed E-state index contributed by atoms with van der Waals surface area (Å²) >= 11 is 0. The van der Waals surface area contributed by atoms with Crippen LogP contribution in [0.2, 0.25) is 0 Å². The van der Waals surface area contributed by atoms with Gasteiger partial charge in [0.25, 0.3) is 5.91 Å². The van der Waals surface area contributed by atoms with Crippen molar-refractivity contribution >= 4 is 11.6 Å². The molecule has 0 spiro atoms. The molecule has 6 heteroatoms. The molecule has 2 N–H and O–H groups in total. The molecule has 0 aliphatic carbocycles. The minimum atomic E-state index is -0.804. The Bertz CT molecular complexity index is 400. The number of amides is 1. The summed E-state index contributed by atoms with van der Waals surface area (Å²) in [6, 6.07) is 3.40. The van der Waals surface area contributed by atoms with Gasteiger partial charge in [-0.3, -0.25) is 4.79 Å². The smallest absolute Gasteiger partial charge is 0.254 e. The van der Waals surface area contributed by atoms with E-state index in [1.807, 2.05) is 0 Å². The molecular formula is C11H12F2N2O2. The number of carbonyl (C=O) groups is 1. The van der Waals surface area contributed by atoms with E-state index in [1.165, 1.54) is 6.07 Å². The maximum Gasteiger partial charge on any atom is 0.254 e. The number of anilines is 1. The molecule has 92 valence electrons. The molecule has 1 saturated heterocycles. The van der Waals surface area contributed by atoms with Crippen LogP contribution in [-0.2, 0) is 9.53 Å². The number of nitrogens with one attached hydrogen (secondary N) is 2. The van der Waals surface area contributed by atoms with Crippen LogP contribution in [-0.4, -0.2) is 31.7 Å². The first-order valence-corrected chi connectivity index (χ1v) is 5.25. The van der Waals surface area contributed by atoms with Gasteiger partial charge in [-0.25, -0.2) is 8.78 Å². The van der Waals surface area contributed by atoms with Gasteiger partial charge in [0.05, 0.1) is 6.61 Å². The average Bonchev–Trinajstić information content (AvgIpc) is 2.35. The first-order valence-electron chi connectivity index (χ1n) is 5.25. The number of hydrogen-bond donors (Lipinski definition) is 2. The van der Waals surface area contributed by atoms with Crippen LogP contribution in [0.1, 0.15) is 0 Å². The van der Waals surface area contributed by atoms with Crippen molar-refractivity contribution in [1.82, 2.24) is 5.32 Å². The molecule has 4 nitrogen and oxygen atoms in total. The van der Waals surface area contributed by atoms with Gasteiger partial charge in [0, 0.05) is 13.1 Å². The number of halogens is 2. The van der Waals surface area contributed by atoms with Crippen LogP contribution in [0.3, 0.4) is 0 Å². The number of ether oxygens (including phenoxy) is 1. The van der Waals surface area contributed by atoms with Crippen molar-refractivity contribution in [2.45, 2.75) is 6.10 Å². The molecule has 17 heavy (non-hydrogen) atoms. The minimum Gasteiger partial charge on any atom is -0.366 e. The number of carbonyl (C=O) groups excluding carboxylic acids is 1. The van der Waals surface area contributed by atoms with Crippen molar-refractivity contribution in [3.63, 3.8) is 0 Å². The van der Waals surface area contributed by atoms with E-state index in [9.17, 15) is 13.6 Å². The van der Waals surface area contributed by atoms with Crippen LogP contribution in [0.15, 0.2) is 18.2 Å². The molecule has 1 fully saturated rings. The predicted molar refractivity (Wildman–Crippen MR) is 57.6 cm³/mol. The number of para-hydroxylation sites is 1. The standard InChI is InChI=1S/C11H12F2N2O2/c12-7-2-1-3-8(13)10(7)15-11(16)9-6-14-4-5-17-9/h1-3,9,14H,4-6H2,(H,15,16). The Kier molecular flexibility index (Phi) is 3.65. The monoisotopic (exact) mass is 242 g/mol. The van der Waals surface area contributed by atoms with Crippen LogP contribution >= 0.6 is 0 Å². The lowest BCUT2D eigenvalue weighted by Crippen LogP contribution is -2.45. The highest BCUT2D eigenvalue weighted by atomic mass is 19.1. The molecule has 2 rings (SSSR count). The highest BCUT2D eigenvalue weighted by molar-refractivity contribution is 5.94. The van der Waals surface area contributed by atoms with Crippen molar-refractivity contribution in [2.24, 2.45) is 0 Å². The molecule has 0 saturated carbocycles. The van der Waals surface area contributed by atoms with Gasteiger partial charge >= 0.3 is 0 Å². The van der Waals surface area contributed by atoms with Gasteiger partial charge < -0.3 is 15.4 Å². The number of rotatable bonds is 2. The normalized spacial score (nSPS) is 20.0. The van der Waals surface area contributed by atoms with E-state index in [-0.39, 0.29) is 0 Å². The molecule has 0 aromatic heterocycles. The Hall–Kier alpha value is -1.53. The lowest BCUT2D eigenvalue weighted by atomic mass is 10.2. The Morgan fingerprint density at radius 1 is 1.41 bits per heavy atom. The van der Waals surface area contributed by atoms with Gasteiger partial charge in [-0.1, -0.05) is 6.07 Å². The van der Waals surface area contributed by atoms with E-state index >= 15 is 0 Å². The van der Waals surface area contributed by atoms with E-state index < -0.39 is 29.3 Å². The van der Waals surface area contributed by atoms with Gasteiger partial charge in [0.1, 0.15) is 23.4 Å². The van der Waals surface area contributed by atoms with Crippen LogP contribution < -0.4 is 10.6 Å². The van der Waals surface area contributed by atoms with Gasteiger partial charge in [-0.15, -0.1) is 0 Å². The topological polar surface area (TPSA) is 50.4 Å². The molecule has 1 heterocycles. The second-order valence-corrected chi connectivity index (χ2v) is 3.65. The molecular weight excluding hydrogens is 230 g/mol. The van der Waals surface area contributed by atoms with Gasteiger partial charge in [0.2, 0.25) is 0 Å². The highest BCUT2D eigenvalue weighted by Crippen LogP contribution is 2.18. The quantitative estimate of drug-likeness (QED) is 0.809. The van der Waals surface area contributed by atoms with Crippen molar-refractivity contribution in [3.05, 3.63) is 29.8 Å². The fourth-order valence-corrected chi connectivity index (χ4v) is 1.55. The lowest BCUT2D eigenvalue weighted by molar-refractivity contribution is -0.128. The van der Waals surface area contributed by atoms with Gasteiger partial charge in [-0.05, 0) is 12.1 Å². The van der Waals surface area contributed by atoms with Crippen LogP contribution in [0, 0.1) is 11.6 Å². The van der Waals surface area contributed by atoms with Crippen LogP contribution in [0.25, 0.3) is 0 Å². The minimum absolute atomic E-state index is 0.335. The summed E-state index contributed by atoms with van der Waals surface area (Å²) in [4.78, 5) is 11.7. The first-order chi connectivity index (χ1) is 8.18. The average molecular weight is 242 g/mol. The summed E-state index contributed by atoms with van der Waals surface area (Å²) in [5.74, 6) is -2.16. The summed E-state index contributed by atoms with van der Waals surface area (Å²) in [6.45, 7) is 1.40. The summed E-state index contributed by atoms with van der Waals surface area (Å²) in [7, 11) is 0. The van der Waals surface area contributed by atoms with Crippen molar-refractivity contribution in [3.8, 4) is 0 Å². The molecule has 1 aliphatic heterocycles. The van der Waals surface area contributed by atoms with Crippen LogP contribution in [0.4, 0.5) is 14.5 Å². The van der Waals surface area contributed by atoms with E-state index in [1.54, 1.807) is 0 Å². The Balaban J connectivity index is 2.07. The second kappa shape index (κ2) is 5.20. The molecule has 0 radical (unpaired) electrons. The summed E-state index contributed by atoms with van der Waals surface area (Å²) in [6.07, 6.45) is -0.720. The summed E-state index contributed by atoms with van der Waals surface area (Å²) in [5.41, 5.74) is -0.438. The van der Waals surface area contributed by atoms with Gasteiger partial charge in [0.15, 0.2) is 0 Å². The molecule has 1 atom stereocenters. The van der Waals surface area contributed by atoms with E-state index in [2.05, 4.69) is 10.6 Å². The van der Waals surface area contributed by atoms with Crippen LogP contribution in [0.5, 0.6) is 0 Å². The van der Waals surface area contributed by atoms with E-state index in [0.29, 0.717) is 19.7 Å². The largest absolute Gasteiger partial charge is 0.366 e. The predicted octanol–water partition coefficient (Wildman–Crippen LogP) is 0.892. The SMILES string of the molecule is O=C(Nc1c(F)cccc1F)C1CNCCO1. The van der Waals surface area contributed by atoms with Crippen molar-refractivity contribution in [1.29, 1.82) is 0 Å². The maximum absolute atomic E-state index is 13.3. The molecule has 1 aromatic carbocycles. The van der Waals surface area contributed by atoms with E-state index in [0.717, 1.165) is 12.1 Å². The number of benzene rings is 1. The second-order valence-electron chi connectivity index (χ2n) is 3.65. The lowest BCUT2D eigenvalue weighted by Gasteiger charge is -2.22. The van der Waals surface area contributed by atoms with Crippen molar-refractivity contribution < 1.29 is 18.3 Å². The summed E-state index contributed by atoms with van der Waals surface area (Å²) < 4.78 is 31.7. The third kappa shape index (κ3) is 2.78. The molecule has 0 bridgehead atoms. The highest BCUT2D eigenvalue weighted by Gasteiger charge is 2.23. The zero-order valence-corrected chi connectivity index (χ0v) is 9.00. The molecule has 1 aliphatic rings. The first kappa shape index (κ1) is 11.9. The number of morpholine rings is 1. The fourth-order valence-electron chi connectivity index (χ4n) is 1.55. The molecule has 1 unspecified atom stereocenters. The fraction of sp³-hybridized carbons (Fsp3) is 0.364. The maximum atomic E-state index is 13.3. The molecule has 1 amide bonds. The Labute approximate surface area is 97.0 Å². The Morgan fingerprint density at radius 2 is 2.12 bits per heavy atom. The Morgan fingerprint density at radius 3 is 2.71 bits per heavy atom. The van der Waals surface area contributed by atoms with Gasteiger partial charge in [-0.2, -0.15) is 0 Å². The zero-order chi connectivity index (χ0) is 12.3. The third-order valence-electron chi connectivity index (χ3n) is 2.43. The van der Waals surface area contributed by atoms with E-state index in [4.69, 9.17) is 4.74 Å². The third-order valence-corrected chi connectivity index (χ3v) is 2.43.